The average Bonchev–Trinajstić information content (AvgIpc) is 2.52. The van der Waals surface area contributed by atoms with E-state index in [0.29, 0.717) is 0 Å². The number of hydrogen-bond donors (Lipinski definition) is 1. The summed E-state index contributed by atoms with van der Waals surface area (Å²) in [4.78, 5) is 11.7. The SMILES string of the molecule is COC(=O)[C@@H](N)c1cc2ccccc2c2ccccc12. The van der Waals surface area contributed by atoms with Crippen LogP contribution < -0.4 is 5.73 Å². The number of hydrogen-bond acceptors (Lipinski definition) is 3. The van der Waals surface area contributed by atoms with Crippen molar-refractivity contribution in [2.24, 2.45) is 5.73 Å². The van der Waals surface area contributed by atoms with Gasteiger partial charge in [0.05, 0.1) is 7.11 Å². The number of nitrogens with two attached hydrogens (primary N) is 1. The molecule has 1 atom stereocenters. The van der Waals surface area contributed by atoms with Gasteiger partial charge >= 0.3 is 5.97 Å². The lowest BCUT2D eigenvalue weighted by molar-refractivity contribution is -0.142. The summed E-state index contributed by atoms with van der Waals surface area (Å²) >= 11 is 0. The molecular formula is C17H15NO2. The van der Waals surface area contributed by atoms with Gasteiger partial charge in [-0.15, -0.1) is 0 Å². The first-order chi connectivity index (χ1) is 9.72. The van der Waals surface area contributed by atoms with Crippen molar-refractivity contribution in [3.63, 3.8) is 0 Å². The number of ether oxygens (including phenoxy) is 1. The summed E-state index contributed by atoms with van der Waals surface area (Å²) in [5.74, 6) is -0.426. The monoisotopic (exact) mass is 265 g/mol. The van der Waals surface area contributed by atoms with Gasteiger partial charge in [-0.2, -0.15) is 0 Å². The second-order valence-electron chi connectivity index (χ2n) is 4.73. The van der Waals surface area contributed by atoms with Crippen LogP contribution >= 0.6 is 0 Å². The van der Waals surface area contributed by atoms with Gasteiger partial charge in [0.1, 0.15) is 6.04 Å². The molecule has 3 aromatic carbocycles. The molecule has 0 saturated carbocycles. The molecule has 0 unspecified atom stereocenters. The summed E-state index contributed by atoms with van der Waals surface area (Å²) in [6, 6.07) is 17.3. The van der Waals surface area contributed by atoms with Crippen LogP contribution in [0.4, 0.5) is 0 Å². The van der Waals surface area contributed by atoms with Crippen molar-refractivity contribution < 1.29 is 9.53 Å². The molecule has 20 heavy (non-hydrogen) atoms. The molecule has 0 heterocycles. The van der Waals surface area contributed by atoms with Crippen molar-refractivity contribution in [1.82, 2.24) is 0 Å². The first kappa shape index (κ1) is 12.6. The molecule has 2 N–H and O–H groups in total. The van der Waals surface area contributed by atoms with Crippen LogP contribution in [0.15, 0.2) is 54.6 Å². The van der Waals surface area contributed by atoms with E-state index in [-0.39, 0.29) is 0 Å². The van der Waals surface area contributed by atoms with E-state index in [9.17, 15) is 4.79 Å². The molecule has 0 amide bonds. The molecule has 0 spiro atoms. The van der Waals surface area contributed by atoms with Crippen LogP contribution in [-0.2, 0) is 9.53 Å². The summed E-state index contributed by atoms with van der Waals surface area (Å²) < 4.78 is 4.76. The fraction of sp³-hybridized carbons (Fsp3) is 0.118. The molecule has 0 radical (unpaired) electrons. The van der Waals surface area contributed by atoms with Crippen molar-refractivity contribution in [2.45, 2.75) is 6.04 Å². The molecular weight excluding hydrogens is 250 g/mol. The molecule has 0 bridgehead atoms. The Balaban J connectivity index is 2.37. The Morgan fingerprint density at radius 2 is 1.60 bits per heavy atom. The van der Waals surface area contributed by atoms with E-state index >= 15 is 0 Å². The minimum Gasteiger partial charge on any atom is -0.468 e. The van der Waals surface area contributed by atoms with Gasteiger partial charge in [0.2, 0.25) is 0 Å². The Hall–Kier alpha value is -2.39. The van der Waals surface area contributed by atoms with Gasteiger partial charge in [0, 0.05) is 0 Å². The Labute approximate surface area is 117 Å². The first-order valence-corrected chi connectivity index (χ1v) is 6.46. The van der Waals surface area contributed by atoms with Gasteiger partial charge in [0.15, 0.2) is 0 Å². The van der Waals surface area contributed by atoms with Crippen LogP contribution in [0.5, 0.6) is 0 Å². The molecule has 3 nitrogen and oxygen atoms in total. The van der Waals surface area contributed by atoms with E-state index in [1.165, 1.54) is 7.11 Å². The topological polar surface area (TPSA) is 52.3 Å². The number of rotatable bonds is 2. The molecule has 0 aliphatic carbocycles. The molecule has 0 fully saturated rings. The lowest BCUT2D eigenvalue weighted by atomic mass is 9.94. The molecule has 0 aliphatic heterocycles. The standard InChI is InChI=1S/C17H15NO2/c1-20-17(19)16(18)15-10-11-6-2-3-7-12(11)13-8-4-5-9-14(13)15/h2-10,16H,18H2,1H3/t16-/m0/s1. The van der Waals surface area contributed by atoms with E-state index in [0.717, 1.165) is 27.1 Å². The largest absolute Gasteiger partial charge is 0.468 e. The van der Waals surface area contributed by atoms with Crippen molar-refractivity contribution in [3.8, 4) is 0 Å². The van der Waals surface area contributed by atoms with Gasteiger partial charge < -0.3 is 10.5 Å². The molecule has 0 saturated heterocycles. The zero-order valence-corrected chi connectivity index (χ0v) is 11.2. The van der Waals surface area contributed by atoms with Gasteiger partial charge in [-0.3, -0.25) is 4.79 Å². The lowest BCUT2D eigenvalue weighted by Gasteiger charge is -2.15. The zero-order chi connectivity index (χ0) is 14.1. The number of benzene rings is 3. The van der Waals surface area contributed by atoms with Gasteiger partial charge in [-0.05, 0) is 33.2 Å². The van der Waals surface area contributed by atoms with Crippen molar-refractivity contribution >= 4 is 27.5 Å². The maximum Gasteiger partial charge on any atom is 0.327 e. The first-order valence-electron chi connectivity index (χ1n) is 6.46. The Morgan fingerprint density at radius 1 is 1.00 bits per heavy atom. The third-order valence-corrected chi connectivity index (χ3v) is 3.59. The second kappa shape index (κ2) is 4.94. The average molecular weight is 265 g/mol. The van der Waals surface area contributed by atoms with E-state index in [1.54, 1.807) is 0 Å². The summed E-state index contributed by atoms with van der Waals surface area (Å²) in [5.41, 5.74) is 6.83. The number of carbonyl (C=O) groups excluding carboxylic acids is 1. The predicted molar refractivity (Wildman–Crippen MR) is 80.4 cm³/mol. The van der Waals surface area contributed by atoms with E-state index in [2.05, 4.69) is 6.07 Å². The summed E-state index contributed by atoms with van der Waals surface area (Å²) in [7, 11) is 1.35. The quantitative estimate of drug-likeness (QED) is 0.572. The highest BCUT2D eigenvalue weighted by atomic mass is 16.5. The van der Waals surface area contributed by atoms with E-state index < -0.39 is 12.0 Å². The van der Waals surface area contributed by atoms with Crippen LogP contribution in [0.3, 0.4) is 0 Å². The fourth-order valence-electron chi connectivity index (χ4n) is 2.59. The third-order valence-electron chi connectivity index (χ3n) is 3.59. The van der Waals surface area contributed by atoms with E-state index in [4.69, 9.17) is 10.5 Å². The van der Waals surface area contributed by atoms with Gasteiger partial charge in [-0.1, -0.05) is 48.5 Å². The van der Waals surface area contributed by atoms with Crippen LogP contribution in [0.1, 0.15) is 11.6 Å². The molecule has 0 aliphatic rings. The van der Waals surface area contributed by atoms with Gasteiger partial charge in [-0.25, -0.2) is 0 Å². The van der Waals surface area contributed by atoms with E-state index in [1.807, 2.05) is 48.5 Å². The van der Waals surface area contributed by atoms with Gasteiger partial charge in [0.25, 0.3) is 0 Å². The predicted octanol–water partition coefficient (Wildman–Crippen LogP) is 3.17. The number of methoxy groups -OCH3 is 1. The van der Waals surface area contributed by atoms with Crippen LogP contribution in [-0.4, -0.2) is 13.1 Å². The minimum atomic E-state index is -0.769. The zero-order valence-electron chi connectivity index (χ0n) is 11.2. The number of esters is 1. The fourth-order valence-corrected chi connectivity index (χ4v) is 2.59. The highest BCUT2D eigenvalue weighted by molar-refractivity contribution is 6.10. The Morgan fingerprint density at radius 3 is 2.30 bits per heavy atom. The number of fused-ring (bicyclic) bond motifs is 3. The number of carbonyl (C=O) groups is 1. The maximum absolute atomic E-state index is 11.7. The minimum absolute atomic E-state index is 0.426. The maximum atomic E-state index is 11.7. The highest BCUT2D eigenvalue weighted by Crippen LogP contribution is 2.31. The molecule has 3 heteroatoms. The van der Waals surface area contributed by atoms with Crippen molar-refractivity contribution in [1.29, 1.82) is 0 Å². The third kappa shape index (κ3) is 1.92. The smallest absolute Gasteiger partial charge is 0.327 e. The Kier molecular flexibility index (Phi) is 3.12. The molecule has 3 aromatic rings. The highest BCUT2D eigenvalue weighted by Gasteiger charge is 2.19. The normalized spacial score (nSPS) is 12.5. The summed E-state index contributed by atoms with van der Waals surface area (Å²) in [6.45, 7) is 0. The second-order valence-corrected chi connectivity index (χ2v) is 4.73. The lowest BCUT2D eigenvalue weighted by Crippen LogP contribution is -2.22. The van der Waals surface area contributed by atoms with Crippen molar-refractivity contribution in [3.05, 3.63) is 60.2 Å². The van der Waals surface area contributed by atoms with Crippen LogP contribution in [0.25, 0.3) is 21.5 Å². The molecule has 0 aromatic heterocycles. The van der Waals surface area contributed by atoms with Crippen LogP contribution in [0.2, 0.25) is 0 Å². The van der Waals surface area contributed by atoms with Crippen molar-refractivity contribution in [2.75, 3.05) is 7.11 Å². The summed E-state index contributed by atoms with van der Waals surface area (Å²) in [6.07, 6.45) is 0. The molecule has 100 valence electrons. The molecule has 3 rings (SSSR count). The summed E-state index contributed by atoms with van der Waals surface area (Å²) in [5, 5.41) is 4.31. The van der Waals surface area contributed by atoms with Crippen LogP contribution in [0, 0.1) is 0 Å². The Bertz CT molecular complexity index is 795.